The van der Waals surface area contributed by atoms with E-state index < -0.39 is 4.92 Å². The lowest BCUT2D eigenvalue weighted by Gasteiger charge is -2.06. The van der Waals surface area contributed by atoms with E-state index >= 15 is 0 Å². The van der Waals surface area contributed by atoms with Crippen LogP contribution in [0, 0.1) is 10.1 Å². The first-order valence-corrected chi connectivity index (χ1v) is 6.72. The monoisotopic (exact) mass is 328 g/mol. The molecule has 0 amide bonds. The van der Waals surface area contributed by atoms with Crippen LogP contribution in [0.5, 0.6) is 0 Å². The Morgan fingerprint density at radius 1 is 1.26 bits per heavy atom. The summed E-state index contributed by atoms with van der Waals surface area (Å²) < 4.78 is 0. The van der Waals surface area contributed by atoms with Gasteiger partial charge in [0.2, 0.25) is 5.95 Å². The molecule has 0 saturated heterocycles. The van der Waals surface area contributed by atoms with Crippen LogP contribution in [0.15, 0.2) is 41.5 Å². The predicted octanol–water partition coefficient (Wildman–Crippen LogP) is 1.41. The summed E-state index contributed by atoms with van der Waals surface area (Å²) in [5, 5.41) is 13.7. The van der Waals surface area contributed by atoms with Crippen molar-refractivity contribution in [3.8, 4) is 0 Å². The van der Waals surface area contributed by atoms with Gasteiger partial charge in [0.15, 0.2) is 5.82 Å². The molecule has 9 nitrogen and oxygen atoms in total. The second-order valence-corrected chi connectivity index (χ2v) is 4.82. The van der Waals surface area contributed by atoms with Crippen molar-refractivity contribution >= 4 is 39.7 Å². The summed E-state index contributed by atoms with van der Waals surface area (Å²) in [6.45, 7) is 0. The Labute approximate surface area is 133 Å². The summed E-state index contributed by atoms with van der Waals surface area (Å²) in [7, 11) is 0. The molecular formula is C13H8N6O3S. The van der Waals surface area contributed by atoms with Crippen LogP contribution in [0.3, 0.4) is 0 Å². The van der Waals surface area contributed by atoms with Crippen LogP contribution in [-0.4, -0.2) is 29.8 Å². The average molecular weight is 328 g/mol. The predicted molar refractivity (Wildman–Crippen MR) is 86.4 cm³/mol. The van der Waals surface area contributed by atoms with Crippen molar-refractivity contribution < 1.29 is 4.92 Å². The number of benzene rings is 1. The zero-order valence-corrected chi connectivity index (χ0v) is 12.2. The molecule has 0 radical (unpaired) electrons. The number of anilines is 1. The van der Waals surface area contributed by atoms with Gasteiger partial charge in [0.1, 0.15) is 17.4 Å². The van der Waals surface area contributed by atoms with E-state index in [-0.39, 0.29) is 28.0 Å². The summed E-state index contributed by atoms with van der Waals surface area (Å²) in [4.78, 5) is 36.4. The lowest BCUT2D eigenvalue weighted by molar-refractivity contribution is -0.385. The summed E-state index contributed by atoms with van der Waals surface area (Å²) in [6, 6.07) is 6.84. The molecule has 0 saturated carbocycles. The SMILES string of the molecule is O=c1[nH]c(C(=S)Nc2ncc([N+](=O)[O-])cn2)nc2ccccc12. The standard InChI is InChI=1S/C13H8N6O3S/c20-11-8-3-1-2-4-9(8)16-10(17-11)12(23)18-13-14-5-7(6-15-13)19(21)22/h1-6H,(H,16,17,20)(H,14,15,18,23). The number of para-hydroxylation sites is 1. The second kappa shape index (κ2) is 5.85. The number of hydrogen-bond donors (Lipinski definition) is 2. The molecular weight excluding hydrogens is 320 g/mol. The Morgan fingerprint density at radius 2 is 1.96 bits per heavy atom. The number of fused-ring (bicyclic) bond motifs is 1. The van der Waals surface area contributed by atoms with E-state index in [0.717, 1.165) is 12.4 Å². The summed E-state index contributed by atoms with van der Waals surface area (Å²) in [5.41, 5.74) is -0.0573. The van der Waals surface area contributed by atoms with Crippen molar-refractivity contribution in [2.24, 2.45) is 0 Å². The molecule has 0 aliphatic carbocycles. The van der Waals surface area contributed by atoms with Crippen LogP contribution in [0.2, 0.25) is 0 Å². The highest BCUT2D eigenvalue weighted by molar-refractivity contribution is 7.81. The molecule has 0 fully saturated rings. The lowest BCUT2D eigenvalue weighted by atomic mass is 10.2. The lowest BCUT2D eigenvalue weighted by Crippen LogP contribution is -2.21. The number of nitrogens with one attached hydrogen (secondary N) is 2. The van der Waals surface area contributed by atoms with E-state index in [1.807, 2.05) is 0 Å². The maximum Gasteiger partial charge on any atom is 0.305 e. The number of hydrogen-bond acceptors (Lipinski definition) is 7. The first-order chi connectivity index (χ1) is 11.0. The topological polar surface area (TPSA) is 127 Å². The zero-order valence-electron chi connectivity index (χ0n) is 11.4. The smallest absolute Gasteiger partial charge is 0.305 e. The molecule has 0 spiro atoms. The number of nitrogens with zero attached hydrogens (tertiary/aromatic N) is 4. The van der Waals surface area contributed by atoms with E-state index in [4.69, 9.17) is 12.2 Å². The van der Waals surface area contributed by atoms with Gasteiger partial charge in [0, 0.05) is 0 Å². The fourth-order valence-electron chi connectivity index (χ4n) is 1.83. The van der Waals surface area contributed by atoms with E-state index in [0.29, 0.717) is 10.9 Å². The molecule has 23 heavy (non-hydrogen) atoms. The Morgan fingerprint density at radius 3 is 2.65 bits per heavy atom. The highest BCUT2D eigenvalue weighted by Crippen LogP contribution is 2.10. The molecule has 2 aromatic heterocycles. The van der Waals surface area contributed by atoms with Crippen LogP contribution in [-0.2, 0) is 0 Å². The third-order valence-corrected chi connectivity index (χ3v) is 3.20. The minimum Gasteiger partial charge on any atom is -0.312 e. The fourth-order valence-corrected chi connectivity index (χ4v) is 2.02. The molecule has 0 aliphatic heterocycles. The summed E-state index contributed by atoms with van der Waals surface area (Å²) >= 11 is 5.15. The van der Waals surface area contributed by atoms with E-state index in [1.165, 1.54) is 0 Å². The number of thiocarbonyl (C=S) groups is 1. The molecule has 3 aromatic rings. The number of aromatic nitrogens is 4. The first-order valence-electron chi connectivity index (χ1n) is 6.31. The van der Waals surface area contributed by atoms with Gasteiger partial charge in [0.05, 0.1) is 15.8 Å². The number of H-pyrrole nitrogens is 1. The van der Waals surface area contributed by atoms with Crippen molar-refractivity contribution in [1.82, 2.24) is 19.9 Å². The number of nitro groups is 1. The van der Waals surface area contributed by atoms with Crippen LogP contribution in [0.25, 0.3) is 10.9 Å². The Hall–Kier alpha value is -3.27. The third kappa shape index (κ3) is 3.01. The van der Waals surface area contributed by atoms with E-state index in [1.54, 1.807) is 24.3 Å². The van der Waals surface area contributed by atoms with Crippen LogP contribution >= 0.6 is 12.2 Å². The van der Waals surface area contributed by atoms with Crippen LogP contribution in [0.4, 0.5) is 11.6 Å². The number of aromatic amines is 1. The Kier molecular flexibility index (Phi) is 3.73. The minimum absolute atomic E-state index is 0.0661. The maximum atomic E-state index is 12.0. The highest BCUT2D eigenvalue weighted by atomic mass is 32.1. The summed E-state index contributed by atoms with van der Waals surface area (Å²) in [6.07, 6.45) is 2.10. The molecule has 0 unspecified atom stereocenters. The largest absolute Gasteiger partial charge is 0.312 e. The van der Waals surface area contributed by atoms with Gasteiger partial charge < -0.3 is 10.3 Å². The molecule has 2 heterocycles. The van der Waals surface area contributed by atoms with E-state index in [9.17, 15) is 14.9 Å². The molecule has 10 heteroatoms. The molecule has 1 aromatic carbocycles. The van der Waals surface area contributed by atoms with Crippen LogP contribution in [0.1, 0.15) is 5.82 Å². The van der Waals surface area contributed by atoms with Crippen molar-refractivity contribution in [2.75, 3.05) is 5.32 Å². The van der Waals surface area contributed by atoms with Crippen LogP contribution < -0.4 is 10.9 Å². The molecule has 2 N–H and O–H groups in total. The van der Waals surface area contributed by atoms with Gasteiger partial charge in [-0.05, 0) is 12.1 Å². The van der Waals surface area contributed by atoms with Crippen molar-refractivity contribution in [1.29, 1.82) is 0 Å². The Bertz CT molecular complexity index is 969. The van der Waals surface area contributed by atoms with Gasteiger partial charge in [-0.2, -0.15) is 0 Å². The molecule has 114 valence electrons. The molecule has 0 bridgehead atoms. The van der Waals surface area contributed by atoms with Crippen molar-refractivity contribution in [2.45, 2.75) is 0 Å². The number of rotatable bonds is 3. The zero-order chi connectivity index (χ0) is 16.4. The Balaban J connectivity index is 1.88. The quantitative estimate of drug-likeness (QED) is 0.420. The first kappa shape index (κ1) is 14.7. The second-order valence-electron chi connectivity index (χ2n) is 4.41. The van der Waals surface area contributed by atoms with Gasteiger partial charge in [-0.15, -0.1) is 0 Å². The summed E-state index contributed by atoms with van der Waals surface area (Å²) in [5.74, 6) is 0.224. The maximum absolute atomic E-state index is 12.0. The van der Waals surface area contributed by atoms with Gasteiger partial charge in [-0.25, -0.2) is 15.0 Å². The van der Waals surface area contributed by atoms with Gasteiger partial charge in [-0.1, -0.05) is 24.4 Å². The molecule has 0 aliphatic rings. The van der Waals surface area contributed by atoms with Gasteiger partial charge >= 0.3 is 5.69 Å². The third-order valence-electron chi connectivity index (χ3n) is 2.90. The van der Waals surface area contributed by atoms with Crippen molar-refractivity contribution in [3.63, 3.8) is 0 Å². The minimum atomic E-state index is -0.607. The average Bonchev–Trinajstić information content (AvgIpc) is 2.55. The van der Waals surface area contributed by atoms with Crippen molar-refractivity contribution in [3.05, 3.63) is 63.0 Å². The molecule has 0 atom stereocenters. The van der Waals surface area contributed by atoms with Gasteiger partial charge in [-0.3, -0.25) is 14.9 Å². The highest BCUT2D eigenvalue weighted by Gasteiger charge is 2.11. The fraction of sp³-hybridized carbons (Fsp3) is 0. The normalized spacial score (nSPS) is 10.4. The van der Waals surface area contributed by atoms with E-state index in [2.05, 4.69) is 25.3 Å². The molecule has 3 rings (SSSR count). The van der Waals surface area contributed by atoms with Gasteiger partial charge in [0.25, 0.3) is 5.56 Å².